The molecule has 1 aromatic heterocycles. The normalized spacial score (nSPS) is 23.9. The summed E-state index contributed by atoms with van der Waals surface area (Å²) in [6, 6.07) is 0.163. The highest BCUT2D eigenvalue weighted by atomic mass is 16.5. The van der Waals surface area contributed by atoms with Crippen LogP contribution in [0.25, 0.3) is 0 Å². The molecule has 0 amide bonds. The third kappa shape index (κ3) is 2.48. The van der Waals surface area contributed by atoms with Crippen LogP contribution in [0.2, 0.25) is 0 Å². The number of anilines is 1. The number of carbonyl (C=O) groups excluding carboxylic acids is 1. The molecule has 6 heteroatoms. The van der Waals surface area contributed by atoms with Crippen LogP contribution in [-0.4, -0.2) is 33.6 Å². The van der Waals surface area contributed by atoms with Crippen LogP contribution in [0.4, 0.5) is 5.82 Å². The molecule has 1 aliphatic carbocycles. The second kappa shape index (κ2) is 5.39. The average Bonchev–Trinajstić information content (AvgIpc) is 2.73. The van der Waals surface area contributed by atoms with Gasteiger partial charge >= 0.3 is 5.97 Å². The van der Waals surface area contributed by atoms with Crippen molar-refractivity contribution in [1.29, 1.82) is 0 Å². The molecule has 18 heavy (non-hydrogen) atoms. The van der Waals surface area contributed by atoms with Crippen molar-refractivity contribution in [3.8, 4) is 0 Å². The van der Waals surface area contributed by atoms with Gasteiger partial charge in [-0.15, -0.1) is 0 Å². The van der Waals surface area contributed by atoms with Crippen LogP contribution >= 0.6 is 0 Å². The van der Waals surface area contributed by atoms with Gasteiger partial charge in [0.05, 0.1) is 24.9 Å². The number of carbonyl (C=O) groups is 1. The van der Waals surface area contributed by atoms with Gasteiger partial charge in [-0.05, 0) is 32.6 Å². The van der Waals surface area contributed by atoms with E-state index in [9.17, 15) is 9.90 Å². The third-order valence-corrected chi connectivity index (χ3v) is 3.34. The molecule has 1 heterocycles. The molecule has 0 radical (unpaired) electrons. The van der Waals surface area contributed by atoms with Gasteiger partial charge in [0.15, 0.2) is 0 Å². The summed E-state index contributed by atoms with van der Waals surface area (Å²) in [6.07, 6.45) is 4.39. The Labute approximate surface area is 106 Å². The van der Waals surface area contributed by atoms with Gasteiger partial charge < -0.3 is 15.6 Å². The molecule has 0 saturated heterocycles. The Kier molecular flexibility index (Phi) is 3.86. The van der Waals surface area contributed by atoms with Crippen molar-refractivity contribution < 1.29 is 14.6 Å². The van der Waals surface area contributed by atoms with Gasteiger partial charge in [0.25, 0.3) is 0 Å². The van der Waals surface area contributed by atoms with E-state index in [1.54, 1.807) is 11.6 Å². The Morgan fingerprint density at radius 1 is 1.56 bits per heavy atom. The van der Waals surface area contributed by atoms with E-state index in [1.165, 1.54) is 6.20 Å². The molecule has 1 aliphatic rings. The van der Waals surface area contributed by atoms with Crippen LogP contribution in [-0.2, 0) is 4.74 Å². The molecular formula is C12H19N3O3. The number of rotatable bonds is 3. The fraction of sp³-hybridized carbons (Fsp3) is 0.667. The average molecular weight is 253 g/mol. The minimum absolute atomic E-state index is 0.163. The van der Waals surface area contributed by atoms with E-state index < -0.39 is 5.97 Å². The number of nitrogen functional groups attached to an aromatic ring is 1. The monoisotopic (exact) mass is 253 g/mol. The predicted octanol–water partition coefficient (Wildman–Crippen LogP) is 1.12. The SMILES string of the molecule is CCOC(=O)c1cnn(C2CCC(O)CC2)c1N. The van der Waals surface area contributed by atoms with Crippen molar-refractivity contribution in [2.24, 2.45) is 0 Å². The van der Waals surface area contributed by atoms with Crippen molar-refractivity contribution >= 4 is 11.8 Å². The number of nitrogens with zero attached hydrogens (tertiary/aromatic N) is 2. The minimum Gasteiger partial charge on any atom is -0.462 e. The second-order valence-electron chi connectivity index (χ2n) is 4.57. The first kappa shape index (κ1) is 12.9. The maximum Gasteiger partial charge on any atom is 0.343 e. The molecule has 6 nitrogen and oxygen atoms in total. The Morgan fingerprint density at radius 3 is 2.83 bits per heavy atom. The molecule has 0 spiro atoms. The summed E-state index contributed by atoms with van der Waals surface area (Å²) in [6.45, 7) is 2.07. The second-order valence-corrected chi connectivity index (χ2v) is 4.57. The molecule has 0 unspecified atom stereocenters. The van der Waals surface area contributed by atoms with E-state index in [0.29, 0.717) is 18.0 Å². The molecule has 3 N–H and O–H groups in total. The summed E-state index contributed by atoms with van der Waals surface area (Å²) in [7, 11) is 0. The van der Waals surface area contributed by atoms with Crippen LogP contribution < -0.4 is 5.73 Å². The zero-order chi connectivity index (χ0) is 13.1. The first-order chi connectivity index (χ1) is 8.63. The van der Waals surface area contributed by atoms with Crippen molar-refractivity contribution in [2.45, 2.75) is 44.8 Å². The zero-order valence-corrected chi connectivity index (χ0v) is 10.5. The molecule has 2 rings (SSSR count). The molecule has 1 fully saturated rings. The van der Waals surface area contributed by atoms with Crippen molar-refractivity contribution in [3.63, 3.8) is 0 Å². The van der Waals surface area contributed by atoms with Crippen molar-refractivity contribution in [3.05, 3.63) is 11.8 Å². The van der Waals surface area contributed by atoms with E-state index in [4.69, 9.17) is 10.5 Å². The fourth-order valence-electron chi connectivity index (χ4n) is 2.33. The molecule has 0 aliphatic heterocycles. The lowest BCUT2D eigenvalue weighted by atomic mass is 9.93. The molecule has 0 atom stereocenters. The van der Waals surface area contributed by atoms with Crippen LogP contribution in [0, 0.1) is 0 Å². The lowest BCUT2D eigenvalue weighted by molar-refractivity contribution is 0.0527. The molecule has 1 saturated carbocycles. The summed E-state index contributed by atoms with van der Waals surface area (Å²) in [5.74, 6) is -0.0769. The largest absolute Gasteiger partial charge is 0.462 e. The van der Waals surface area contributed by atoms with Crippen molar-refractivity contribution in [2.75, 3.05) is 12.3 Å². The standard InChI is InChI=1S/C12H19N3O3/c1-2-18-12(17)10-7-14-15(11(10)13)8-3-5-9(16)6-4-8/h7-9,16H,2-6,13H2,1H3. The van der Waals surface area contributed by atoms with Gasteiger partial charge in [-0.1, -0.05) is 0 Å². The fourth-order valence-corrected chi connectivity index (χ4v) is 2.33. The Bertz CT molecular complexity index is 422. The third-order valence-electron chi connectivity index (χ3n) is 3.34. The number of hydrogen-bond acceptors (Lipinski definition) is 5. The summed E-state index contributed by atoms with van der Waals surface area (Å²) < 4.78 is 6.59. The molecular weight excluding hydrogens is 234 g/mol. The van der Waals surface area contributed by atoms with E-state index in [0.717, 1.165) is 25.7 Å². The van der Waals surface area contributed by atoms with E-state index in [2.05, 4.69) is 5.10 Å². The predicted molar refractivity (Wildman–Crippen MR) is 66.1 cm³/mol. The summed E-state index contributed by atoms with van der Waals surface area (Å²) in [5.41, 5.74) is 6.26. The van der Waals surface area contributed by atoms with Gasteiger partial charge in [0, 0.05) is 0 Å². The van der Waals surface area contributed by atoms with Crippen LogP contribution in [0.3, 0.4) is 0 Å². The van der Waals surface area contributed by atoms with Gasteiger partial charge in [-0.3, -0.25) is 0 Å². The number of esters is 1. The highest BCUT2D eigenvalue weighted by Crippen LogP contribution is 2.30. The van der Waals surface area contributed by atoms with Gasteiger partial charge in [0.2, 0.25) is 0 Å². The summed E-state index contributed by atoms with van der Waals surface area (Å²) in [5, 5.41) is 13.6. The lowest BCUT2D eigenvalue weighted by Gasteiger charge is -2.26. The molecule has 0 aromatic carbocycles. The highest BCUT2D eigenvalue weighted by molar-refractivity contribution is 5.93. The van der Waals surface area contributed by atoms with Crippen LogP contribution in [0.15, 0.2) is 6.20 Å². The number of ether oxygens (including phenoxy) is 1. The maximum absolute atomic E-state index is 11.6. The van der Waals surface area contributed by atoms with E-state index >= 15 is 0 Å². The highest BCUT2D eigenvalue weighted by Gasteiger charge is 2.25. The maximum atomic E-state index is 11.6. The number of hydrogen-bond donors (Lipinski definition) is 2. The smallest absolute Gasteiger partial charge is 0.343 e. The molecule has 0 bridgehead atoms. The molecule has 100 valence electrons. The van der Waals surface area contributed by atoms with Crippen LogP contribution in [0.5, 0.6) is 0 Å². The Hall–Kier alpha value is -1.56. The summed E-state index contributed by atoms with van der Waals surface area (Å²) in [4.78, 5) is 11.6. The van der Waals surface area contributed by atoms with Gasteiger partial charge in [-0.25, -0.2) is 9.48 Å². The minimum atomic E-state index is -0.433. The zero-order valence-electron chi connectivity index (χ0n) is 10.5. The Balaban J connectivity index is 2.13. The number of aromatic nitrogens is 2. The number of nitrogens with two attached hydrogens (primary N) is 1. The Morgan fingerprint density at radius 2 is 2.22 bits per heavy atom. The summed E-state index contributed by atoms with van der Waals surface area (Å²) >= 11 is 0. The number of aliphatic hydroxyl groups is 1. The number of aliphatic hydroxyl groups excluding tert-OH is 1. The first-order valence-electron chi connectivity index (χ1n) is 6.31. The van der Waals surface area contributed by atoms with Gasteiger partial charge in [0.1, 0.15) is 11.4 Å². The lowest BCUT2D eigenvalue weighted by Crippen LogP contribution is -2.23. The van der Waals surface area contributed by atoms with E-state index in [1.807, 2.05) is 0 Å². The first-order valence-corrected chi connectivity index (χ1v) is 6.31. The quantitative estimate of drug-likeness (QED) is 0.788. The van der Waals surface area contributed by atoms with Gasteiger partial charge in [-0.2, -0.15) is 5.10 Å². The van der Waals surface area contributed by atoms with Crippen LogP contribution in [0.1, 0.15) is 49.0 Å². The topological polar surface area (TPSA) is 90.4 Å². The molecule has 1 aromatic rings. The van der Waals surface area contributed by atoms with E-state index in [-0.39, 0.29) is 12.1 Å². The van der Waals surface area contributed by atoms with Crippen molar-refractivity contribution in [1.82, 2.24) is 9.78 Å².